The predicted molar refractivity (Wildman–Crippen MR) is 42.3 cm³/mol. The predicted octanol–water partition coefficient (Wildman–Crippen LogP) is 1.57. The van der Waals surface area contributed by atoms with E-state index < -0.39 is 18.3 Å². The highest BCUT2D eigenvalue weighted by Gasteiger charge is 2.28. The largest absolute Gasteiger partial charge is 0.406 e. The van der Waals surface area contributed by atoms with E-state index in [-0.39, 0.29) is 4.47 Å². The molecular formula is C6H4BrF3N2O. The fourth-order valence-electron chi connectivity index (χ4n) is 0.730. The number of hydrogen-bond donors (Lipinski definition) is 0. The van der Waals surface area contributed by atoms with Crippen molar-refractivity contribution in [1.82, 2.24) is 9.55 Å². The minimum atomic E-state index is -4.41. The molecule has 0 bridgehead atoms. The number of nitrogens with zero attached hydrogens (tertiary/aromatic N) is 2. The normalized spacial score (nSPS) is 11.7. The summed E-state index contributed by atoms with van der Waals surface area (Å²) < 4.78 is 36.1. The highest BCUT2D eigenvalue weighted by atomic mass is 79.9. The molecule has 0 fully saturated rings. The van der Waals surface area contributed by atoms with Crippen LogP contribution in [0.1, 0.15) is 0 Å². The standard InChI is InChI=1S/C6H4BrF3N2O/c7-4-1-11-3-12(5(4)13)2-6(8,9)10/h1,3H,2H2. The van der Waals surface area contributed by atoms with Crippen LogP contribution in [0.15, 0.2) is 21.8 Å². The second-order valence-corrected chi connectivity index (χ2v) is 3.14. The Labute approximate surface area is 79.3 Å². The van der Waals surface area contributed by atoms with Crippen LogP contribution in [-0.2, 0) is 6.54 Å². The fourth-order valence-corrected chi connectivity index (χ4v) is 1.08. The Hall–Kier alpha value is -0.850. The van der Waals surface area contributed by atoms with Gasteiger partial charge >= 0.3 is 6.18 Å². The molecule has 1 heterocycles. The molecule has 0 aromatic carbocycles. The van der Waals surface area contributed by atoms with Gasteiger partial charge in [0.1, 0.15) is 11.0 Å². The van der Waals surface area contributed by atoms with Crippen molar-refractivity contribution in [1.29, 1.82) is 0 Å². The van der Waals surface area contributed by atoms with Crippen molar-refractivity contribution in [2.75, 3.05) is 0 Å². The molecule has 0 aliphatic carbocycles. The number of hydrogen-bond acceptors (Lipinski definition) is 2. The molecule has 0 N–H and O–H groups in total. The van der Waals surface area contributed by atoms with Gasteiger partial charge in [-0.1, -0.05) is 0 Å². The Morgan fingerprint density at radius 3 is 2.69 bits per heavy atom. The van der Waals surface area contributed by atoms with Gasteiger partial charge in [0.2, 0.25) is 0 Å². The van der Waals surface area contributed by atoms with E-state index in [0.717, 1.165) is 12.5 Å². The number of rotatable bonds is 1. The van der Waals surface area contributed by atoms with Crippen molar-refractivity contribution < 1.29 is 13.2 Å². The molecular weight excluding hydrogens is 253 g/mol. The molecule has 0 radical (unpaired) electrons. The first kappa shape index (κ1) is 10.2. The summed E-state index contributed by atoms with van der Waals surface area (Å²) in [7, 11) is 0. The van der Waals surface area contributed by atoms with Gasteiger partial charge in [-0.15, -0.1) is 0 Å². The Morgan fingerprint density at radius 1 is 1.54 bits per heavy atom. The third kappa shape index (κ3) is 2.83. The fraction of sp³-hybridized carbons (Fsp3) is 0.333. The highest BCUT2D eigenvalue weighted by molar-refractivity contribution is 9.10. The molecule has 0 aliphatic heterocycles. The van der Waals surface area contributed by atoms with Gasteiger partial charge in [0, 0.05) is 6.20 Å². The maximum absolute atomic E-state index is 11.9. The van der Waals surface area contributed by atoms with E-state index in [1.165, 1.54) is 0 Å². The molecule has 0 amide bonds. The molecule has 7 heteroatoms. The average Bonchev–Trinajstić information content (AvgIpc) is 1.96. The van der Waals surface area contributed by atoms with E-state index in [1.54, 1.807) is 0 Å². The van der Waals surface area contributed by atoms with Crippen LogP contribution in [0.25, 0.3) is 0 Å². The average molecular weight is 257 g/mol. The van der Waals surface area contributed by atoms with Gasteiger partial charge in [0.25, 0.3) is 5.56 Å². The molecule has 1 aromatic heterocycles. The van der Waals surface area contributed by atoms with Crippen molar-refractivity contribution in [3.8, 4) is 0 Å². The zero-order valence-corrected chi connectivity index (χ0v) is 7.76. The lowest BCUT2D eigenvalue weighted by atomic mass is 10.5. The molecule has 13 heavy (non-hydrogen) atoms. The molecule has 1 aromatic rings. The van der Waals surface area contributed by atoms with Crippen LogP contribution < -0.4 is 5.56 Å². The summed E-state index contributed by atoms with van der Waals surface area (Å²) in [6.07, 6.45) is -2.41. The van der Waals surface area contributed by atoms with Gasteiger partial charge < -0.3 is 0 Å². The second-order valence-electron chi connectivity index (χ2n) is 2.29. The zero-order chi connectivity index (χ0) is 10.1. The molecule has 0 aliphatic rings. The Kier molecular flexibility index (Phi) is 2.74. The van der Waals surface area contributed by atoms with Crippen molar-refractivity contribution in [3.63, 3.8) is 0 Å². The third-order valence-corrected chi connectivity index (χ3v) is 1.75. The van der Waals surface area contributed by atoms with Crippen molar-refractivity contribution in [2.24, 2.45) is 0 Å². The van der Waals surface area contributed by atoms with Crippen molar-refractivity contribution in [2.45, 2.75) is 12.7 Å². The smallest absolute Gasteiger partial charge is 0.289 e. The minimum absolute atomic E-state index is 0.0132. The summed E-state index contributed by atoms with van der Waals surface area (Å²) in [6.45, 7) is -1.32. The van der Waals surface area contributed by atoms with Crippen LogP contribution >= 0.6 is 15.9 Å². The van der Waals surface area contributed by atoms with Crippen LogP contribution in [0.2, 0.25) is 0 Å². The van der Waals surface area contributed by atoms with Gasteiger partial charge in [0.15, 0.2) is 0 Å². The summed E-state index contributed by atoms with van der Waals surface area (Å²) in [5, 5.41) is 0. The van der Waals surface area contributed by atoms with Crippen molar-refractivity contribution in [3.05, 3.63) is 27.4 Å². The number of halogens is 4. The maximum Gasteiger partial charge on any atom is 0.406 e. The summed E-state index contributed by atoms with van der Waals surface area (Å²) in [4.78, 5) is 14.5. The molecule has 0 saturated heterocycles. The van der Waals surface area contributed by atoms with Crippen LogP contribution in [0.3, 0.4) is 0 Å². The van der Waals surface area contributed by atoms with Crippen LogP contribution in [0, 0.1) is 0 Å². The van der Waals surface area contributed by atoms with Crippen LogP contribution in [0.5, 0.6) is 0 Å². The quantitative estimate of drug-likeness (QED) is 0.765. The summed E-state index contributed by atoms with van der Waals surface area (Å²) in [6, 6.07) is 0. The lowest BCUT2D eigenvalue weighted by Crippen LogP contribution is -2.28. The molecule has 1 rings (SSSR count). The Morgan fingerprint density at radius 2 is 2.15 bits per heavy atom. The van der Waals surface area contributed by atoms with E-state index in [9.17, 15) is 18.0 Å². The highest BCUT2D eigenvalue weighted by Crippen LogP contribution is 2.16. The summed E-state index contributed by atoms with van der Waals surface area (Å²) in [5.74, 6) is 0. The van der Waals surface area contributed by atoms with E-state index in [1.807, 2.05) is 0 Å². The van der Waals surface area contributed by atoms with Crippen molar-refractivity contribution >= 4 is 15.9 Å². The Balaban J connectivity index is 3.03. The summed E-state index contributed by atoms with van der Waals surface area (Å²) >= 11 is 2.79. The van der Waals surface area contributed by atoms with Gasteiger partial charge in [-0.3, -0.25) is 9.36 Å². The molecule has 72 valence electrons. The molecule has 0 unspecified atom stereocenters. The maximum atomic E-state index is 11.9. The first-order valence-electron chi connectivity index (χ1n) is 3.17. The van der Waals surface area contributed by atoms with Crippen LogP contribution in [0.4, 0.5) is 13.2 Å². The summed E-state index contributed by atoms with van der Waals surface area (Å²) in [5.41, 5.74) is -0.743. The van der Waals surface area contributed by atoms with Gasteiger partial charge in [-0.25, -0.2) is 4.98 Å². The lowest BCUT2D eigenvalue weighted by Gasteiger charge is -2.07. The van der Waals surface area contributed by atoms with Crippen LogP contribution in [-0.4, -0.2) is 15.7 Å². The number of alkyl halides is 3. The number of aromatic nitrogens is 2. The van der Waals surface area contributed by atoms with E-state index in [2.05, 4.69) is 20.9 Å². The zero-order valence-electron chi connectivity index (χ0n) is 6.18. The third-order valence-electron chi connectivity index (χ3n) is 1.21. The lowest BCUT2D eigenvalue weighted by molar-refractivity contribution is -0.141. The minimum Gasteiger partial charge on any atom is -0.289 e. The first-order chi connectivity index (χ1) is 5.90. The monoisotopic (exact) mass is 256 g/mol. The first-order valence-corrected chi connectivity index (χ1v) is 3.96. The van der Waals surface area contributed by atoms with E-state index in [4.69, 9.17) is 0 Å². The molecule has 0 spiro atoms. The Bertz CT molecular complexity index is 360. The van der Waals surface area contributed by atoms with Gasteiger partial charge in [0.05, 0.1) is 6.33 Å². The second kappa shape index (κ2) is 3.49. The SMILES string of the molecule is O=c1c(Br)cncn1CC(F)(F)F. The van der Waals surface area contributed by atoms with Gasteiger partial charge in [-0.05, 0) is 15.9 Å². The van der Waals surface area contributed by atoms with E-state index >= 15 is 0 Å². The van der Waals surface area contributed by atoms with Gasteiger partial charge in [-0.2, -0.15) is 13.2 Å². The molecule has 3 nitrogen and oxygen atoms in total. The molecule has 0 saturated carbocycles. The topological polar surface area (TPSA) is 34.9 Å². The molecule has 0 atom stereocenters. The van der Waals surface area contributed by atoms with E-state index in [0.29, 0.717) is 4.57 Å².